The van der Waals surface area contributed by atoms with Crippen LogP contribution in [0.4, 0.5) is 13.2 Å². The summed E-state index contributed by atoms with van der Waals surface area (Å²) in [6.07, 6.45) is -4.47. The van der Waals surface area contributed by atoms with Crippen molar-refractivity contribution in [1.82, 2.24) is 4.98 Å². The molecule has 14 heavy (non-hydrogen) atoms. The van der Waals surface area contributed by atoms with Crippen molar-refractivity contribution in [2.24, 2.45) is 0 Å². The number of nitrogens with one attached hydrogen (secondary N) is 1. The Labute approximate surface area is 74.4 Å². The zero-order valence-corrected chi connectivity index (χ0v) is 6.42. The van der Waals surface area contributed by atoms with Crippen LogP contribution in [0.1, 0.15) is 0 Å². The summed E-state index contributed by atoms with van der Waals surface area (Å²) in [7, 11) is 0. The lowest BCUT2D eigenvalue weighted by molar-refractivity contribution is -0.275. The quantitative estimate of drug-likeness (QED) is 0.638. The van der Waals surface area contributed by atoms with Crippen LogP contribution in [0.15, 0.2) is 11.0 Å². The number of aromatic hydroxyl groups is 2. The molecule has 0 aliphatic rings. The van der Waals surface area contributed by atoms with Crippen molar-refractivity contribution in [1.29, 1.82) is 0 Å². The molecule has 5 nitrogen and oxygen atoms in total. The van der Waals surface area contributed by atoms with Gasteiger partial charge in [0.1, 0.15) is 0 Å². The van der Waals surface area contributed by atoms with Crippen molar-refractivity contribution in [2.75, 3.05) is 0 Å². The molecule has 0 saturated heterocycles. The van der Waals surface area contributed by atoms with Crippen LogP contribution in [-0.2, 0) is 0 Å². The van der Waals surface area contributed by atoms with Gasteiger partial charge in [0.25, 0.3) is 5.56 Å². The molecule has 0 fully saturated rings. The fourth-order valence-electron chi connectivity index (χ4n) is 0.702. The van der Waals surface area contributed by atoms with E-state index >= 15 is 0 Å². The minimum Gasteiger partial charge on any atom is -0.503 e. The van der Waals surface area contributed by atoms with E-state index in [-0.39, 0.29) is 0 Å². The summed E-state index contributed by atoms with van der Waals surface area (Å²) in [5.41, 5.74) is -1.29. The molecule has 8 heteroatoms. The van der Waals surface area contributed by atoms with Gasteiger partial charge in [-0.25, -0.2) is 0 Å². The zero-order chi connectivity index (χ0) is 10.9. The van der Waals surface area contributed by atoms with E-state index in [1.54, 1.807) is 4.98 Å². The molecule has 0 saturated carbocycles. The van der Waals surface area contributed by atoms with Crippen molar-refractivity contribution >= 4 is 0 Å². The van der Waals surface area contributed by atoms with Crippen molar-refractivity contribution in [2.45, 2.75) is 6.36 Å². The minimum atomic E-state index is -5.11. The molecule has 0 radical (unpaired) electrons. The van der Waals surface area contributed by atoms with E-state index in [4.69, 9.17) is 10.2 Å². The second kappa shape index (κ2) is 3.13. The maximum absolute atomic E-state index is 11.7. The smallest absolute Gasteiger partial charge is 0.503 e. The topological polar surface area (TPSA) is 82.6 Å². The maximum atomic E-state index is 11.7. The number of pyridine rings is 1. The Kier molecular flexibility index (Phi) is 2.28. The molecule has 3 N–H and O–H groups in total. The molecule has 0 amide bonds. The lowest BCUT2D eigenvalue weighted by atomic mass is 10.4. The van der Waals surface area contributed by atoms with Gasteiger partial charge in [0.2, 0.25) is 11.5 Å². The van der Waals surface area contributed by atoms with E-state index in [0.29, 0.717) is 6.20 Å². The van der Waals surface area contributed by atoms with Gasteiger partial charge in [0, 0.05) is 0 Å². The number of alkyl halides is 3. The van der Waals surface area contributed by atoms with E-state index in [9.17, 15) is 18.0 Å². The van der Waals surface area contributed by atoms with Crippen LogP contribution in [0.25, 0.3) is 0 Å². The zero-order valence-electron chi connectivity index (χ0n) is 6.42. The first kappa shape index (κ1) is 10.2. The summed E-state index contributed by atoms with van der Waals surface area (Å²) in [5, 5.41) is 17.6. The van der Waals surface area contributed by atoms with E-state index in [1.165, 1.54) is 0 Å². The molecule has 1 aromatic heterocycles. The van der Waals surface area contributed by atoms with Gasteiger partial charge in [-0.1, -0.05) is 0 Å². The van der Waals surface area contributed by atoms with E-state index < -0.39 is 29.2 Å². The summed E-state index contributed by atoms with van der Waals surface area (Å²) in [5.74, 6) is -3.56. The Morgan fingerprint density at radius 1 is 1.36 bits per heavy atom. The molecular weight excluding hydrogens is 207 g/mol. The Morgan fingerprint density at radius 2 is 1.93 bits per heavy atom. The number of aromatic nitrogens is 1. The number of hydrogen-bond donors (Lipinski definition) is 3. The normalized spacial score (nSPS) is 11.4. The minimum absolute atomic E-state index is 0.640. The van der Waals surface area contributed by atoms with Gasteiger partial charge in [-0.2, -0.15) is 0 Å². The monoisotopic (exact) mass is 211 g/mol. The largest absolute Gasteiger partial charge is 0.573 e. The molecule has 0 bridgehead atoms. The van der Waals surface area contributed by atoms with Crippen LogP contribution in [-0.4, -0.2) is 21.6 Å². The van der Waals surface area contributed by atoms with Gasteiger partial charge in [-0.3, -0.25) is 4.79 Å². The lowest BCUT2D eigenvalue weighted by Gasteiger charge is -2.09. The number of rotatable bonds is 1. The molecule has 0 spiro atoms. The van der Waals surface area contributed by atoms with Crippen LogP contribution in [0, 0.1) is 0 Å². The molecule has 1 rings (SSSR count). The maximum Gasteiger partial charge on any atom is 0.573 e. The standard InChI is InChI=1S/C6H4F3NO4/c7-6(8,9)14-4-3(12)2(11)1-10-5(4)13/h1,11H,(H2,10,12,13). The summed E-state index contributed by atoms with van der Waals surface area (Å²) >= 11 is 0. The molecule has 0 aliphatic carbocycles. The first-order valence-corrected chi connectivity index (χ1v) is 3.20. The highest BCUT2D eigenvalue weighted by molar-refractivity contribution is 5.46. The van der Waals surface area contributed by atoms with E-state index in [1.807, 2.05) is 0 Å². The SMILES string of the molecule is O=c1[nH]cc(O)c(O)c1OC(F)(F)F. The van der Waals surface area contributed by atoms with E-state index in [2.05, 4.69) is 4.74 Å². The Hall–Kier alpha value is -1.86. The molecule has 0 aromatic carbocycles. The summed E-state index contributed by atoms with van der Waals surface area (Å²) in [6, 6.07) is 0. The molecule has 1 heterocycles. The van der Waals surface area contributed by atoms with Gasteiger partial charge in [-0.05, 0) is 0 Å². The molecule has 0 atom stereocenters. The van der Waals surface area contributed by atoms with Crippen LogP contribution >= 0.6 is 0 Å². The predicted molar refractivity (Wildman–Crippen MR) is 37.1 cm³/mol. The number of halogens is 3. The Bertz CT molecular complexity index is 397. The second-order valence-electron chi connectivity index (χ2n) is 2.23. The molecule has 78 valence electrons. The van der Waals surface area contributed by atoms with Crippen LogP contribution in [0.3, 0.4) is 0 Å². The highest BCUT2D eigenvalue weighted by Crippen LogP contribution is 2.33. The van der Waals surface area contributed by atoms with Gasteiger partial charge >= 0.3 is 6.36 Å². The van der Waals surface area contributed by atoms with Crippen molar-refractivity contribution in [3.63, 3.8) is 0 Å². The third-order valence-electron chi connectivity index (χ3n) is 1.22. The fraction of sp³-hybridized carbons (Fsp3) is 0.167. The number of H-pyrrole nitrogens is 1. The predicted octanol–water partition coefficient (Wildman–Crippen LogP) is 0.685. The summed E-state index contributed by atoms with van der Waals surface area (Å²) in [4.78, 5) is 12.5. The van der Waals surface area contributed by atoms with Gasteiger partial charge in [0.15, 0.2) is 5.75 Å². The van der Waals surface area contributed by atoms with Crippen LogP contribution < -0.4 is 10.3 Å². The number of aromatic amines is 1. The Balaban J connectivity index is 3.20. The van der Waals surface area contributed by atoms with Gasteiger partial charge < -0.3 is 19.9 Å². The molecular formula is C6H4F3NO4. The second-order valence-corrected chi connectivity index (χ2v) is 2.23. The average Bonchev–Trinajstić information content (AvgIpc) is 2.04. The summed E-state index contributed by atoms with van der Waals surface area (Å²) in [6.45, 7) is 0. The summed E-state index contributed by atoms with van der Waals surface area (Å²) < 4.78 is 38.2. The van der Waals surface area contributed by atoms with Crippen LogP contribution in [0.2, 0.25) is 0 Å². The Morgan fingerprint density at radius 3 is 2.43 bits per heavy atom. The molecule has 1 aromatic rings. The highest BCUT2D eigenvalue weighted by Gasteiger charge is 2.34. The van der Waals surface area contributed by atoms with Crippen molar-refractivity contribution < 1.29 is 28.1 Å². The number of ether oxygens (including phenoxy) is 1. The molecule has 0 unspecified atom stereocenters. The van der Waals surface area contributed by atoms with Gasteiger partial charge in [-0.15, -0.1) is 13.2 Å². The van der Waals surface area contributed by atoms with Crippen molar-refractivity contribution in [3.8, 4) is 17.2 Å². The average molecular weight is 211 g/mol. The fourth-order valence-corrected chi connectivity index (χ4v) is 0.702. The van der Waals surface area contributed by atoms with Crippen molar-refractivity contribution in [3.05, 3.63) is 16.6 Å². The first-order chi connectivity index (χ1) is 6.31. The molecule has 0 aliphatic heterocycles. The highest BCUT2D eigenvalue weighted by atomic mass is 19.4. The van der Waals surface area contributed by atoms with Crippen LogP contribution in [0.5, 0.6) is 17.2 Å². The third kappa shape index (κ3) is 2.09. The third-order valence-corrected chi connectivity index (χ3v) is 1.22. The van der Waals surface area contributed by atoms with E-state index in [0.717, 1.165) is 0 Å². The number of hydrogen-bond acceptors (Lipinski definition) is 4. The first-order valence-electron chi connectivity index (χ1n) is 3.20. The van der Waals surface area contributed by atoms with Gasteiger partial charge in [0.05, 0.1) is 6.20 Å². The lowest BCUT2D eigenvalue weighted by Crippen LogP contribution is -2.22.